The lowest BCUT2D eigenvalue weighted by Gasteiger charge is -2.60. The van der Waals surface area contributed by atoms with Crippen LogP contribution in [-0.2, 0) is 0 Å². The van der Waals surface area contributed by atoms with Crippen molar-refractivity contribution in [1.29, 1.82) is 0 Å². The molecule has 5 atom stereocenters. The average molecular weight is 415 g/mol. The van der Waals surface area contributed by atoms with E-state index in [0.717, 1.165) is 19.3 Å². The van der Waals surface area contributed by atoms with E-state index in [9.17, 15) is 5.11 Å². The Morgan fingerprint density at radius 2 is 1.89 bits per heavy atom. The van der Waals surface area contributed by atoms with Gasteiger partial charge in [-0.25, -0.2) is 0 Å². The minimum Gasteiger partial charge on any atom is -0.392 e. The van der Waals surface area contributed by atoms with Crippen molar-refractivity contribution in [3.63, 3.8) is 0 Å². The standard InChI is InChI=1S/C15H23Br2ClO/c1-9-7-10(19)12(16)13(2,3)15(9)6-5-14(4,17)11(18)8-15/h10-12,19H,1,5-8H2,2-4H3/t10-,11-,12-,14-,15+/m0/s1. The van der Waals surface area contributed by atoms with Crippen molar-refractivity contribution < 1.29 is 5.11 Å². The molecule has 0 heterocycles. The molecule has 1 spiro atoms. The van der Waals surface area contributed by atoms with Crippen molar-refractivity contribution in [3.05, 3.63) is 12.2 Å². The van der Waals surface area contributed by atoms with E-state index in [1.54, 1.807) is 0 Å². The lowest BCUT2D eigenvalue weighted by atomic mass is 9.49. The maximum atomic E-state index is 10.2. The molecule has 0 unspecified atom stereocenters. The van der Waals surface area contributed by atoms with E-state index in [-0.39, 0.29) is 31.5 Å². The molecule has 2 aliphatic rings. The highest BCUT2D eigenvalue weighted by Crippen LogP contribution is 2.64. The number of halogens is 3. The fourth-order valence-corrected chi connectivity index (χ4v) is 5.25. The van der Waals surface area contributed by atoms with E-state index in [1.165, 1.54) is 5.57 Å². The zero-order valence-electron chi connectivity index (χ0n) is 11.8. The van der Waals surface area contributed by atoms with Gasteiger partial charge < -0.3 is 5.11 Å². The van der Waals surface area contributed by atoms with Gasteiger partial charge in [0.05, 0.1) is 6.10 Å². The number of rotatable bonds is 0. The molecule has 0 aromatic carbocycles. The van der Waals surface area contributed by atoms with E-state index in [4.69, 9.17) is 11.6 Å². The molecule has 0 radical (unpaired) electrons. The van der Waals surface area contributed by atoms with Crippen LogP contribution in [0.25, 0.3) is 0 Å². The van der Waals surface area contributed by atoms with Gasteiger partial charge in [0.25, 0.3) is 0 Å². The maximum absolute atomic E-state index is 10.2. The van der Waals surface area contributed by atoms with E-state index in [1.807, 2.05) is 0 Å². The predicted octanol–water partition coefficient (Wildman–Crippen LogP) is 5.03. The molecule has 2 aliphatic carbocycles. The van der Waals surface area contributed by atoms with Crippen LogP contribution >= 0.6 is 43.5 Å². The van der Waals surface area contributed by atoms with Gasteiger partial charge in [-0.2, -0.15) is 0 Å². The SMILES string of the molecule is C=C1C[C@H](O)[C@H](Br)C(C)(C)[C@@]12CC[C@](C)(Br)[C@@H](Cl)C2. The first-order valence-electron chi connectivity index (χ1n) is 6.88. The molecule has 0 saturated heterocycles. The summed E-state index contributed by atoms with van der Waals surface area (Å²) < 4.78 is 0.00797. The Morgan fingerprint density at radius 1 is 1.32 bits per heavy atom. The molecule has 2 rings (SSSR count). The summed E-state index contributed by atoms with van der Waals surface area (Å²) in [5.74, 6) is 0. The Bertz CT molecular complexity index is 394. The highest BCUT2D eigenvalue weighted by Gasteiger charge is 2.59. The van der Waals surface area contributed by atoms with Crippen molar-refractivity contribution in [3.8, 4) is 0 Å². The first-order valence-corrected chi connectivity index (χ1v) is 9.02. The topological polar surface area (TPSA) is 20.2 Å². The number of aliphatic hydroxyl groups excluding tert-OH is 1. The molecule has 1 nitrogen and oxygen atoms in total. The minimum absolute atomic E-state index is 0.00797. The molecule has 0 bridgehead atoms. The highest BCUT2D eigenvalue weighted by molar-refractivity contribution is 9.10. The molecule has 0 amide bonds. The summed E-state index contributed by atoms with van der Waals surface area (Å²) in [7, 11) is 0. The molecule has 0 aliphatic heterocycles. The molecule has 2 fully saturated rings. The van der Waals surface area contributed by atoms with Gasteiger partial charge in [-0.3, -0.25) is 0 Å². The van der Waals surface area contributed by atoms with Gasteiger partial charge in [-0.05, 0) is 43.4 Å². The van der Waals surface area contributed by atoms with Crippen molar-refractivity contribution in [2.24, 2.45) is 10.8 Å². The normalized spacial score (nSPS) is 50.5. The third-order valence-electron chi connectivity index (χ3n) is 5.61. The van der Waals surface area contributed by atoms with Gasteiger partial charge in [0.1, 0.15) is 0 Å². The van der Waals surface area contributed by atoms with Gasteiger partial charge in [0.2, 0.25) is 0 Å². The van der Waals surface area contributed by atoms with E-state index >= 15 is 0 Å². The van der Waals surface area contributed by atoms with Crippen molar-refractivity contribution in [2.45, 2.75) is 67.1 Å². The van der Waals surface area contributed by atoms with Crippen LogP contribution in [0.5, 0.6) is 0 Å². The Balaban J connectivity index is 2.39. The maximum Gasteiger partial charge on any atom is 0.0707 e. The van der Waals surface area contributed by atoms with Crippen molar-refractivity contribution >= 4 is 43.5 Å². The smallest absolute Gasteiger partial charge is 0.0707 e. The summed E-state index contributed by atoms with van der Waals surface area (Å²) in [6.45, 7) is 10.9. The highest BCUT2D eigenvalue weighted by atomic mass is 79.9. The van der Waals surface area contributed by atoms with Crippen LogP contribution < -0.4 is 0 Å². The zero-order chi connectivity index (χ0) is 14.6. The van der Waals surface area contributed by atoms with Gasteiger partial charge in [-0.1, -0.05) is 57.9 Å². The second-order valence-electron chi connectivity index (χ2n) is 7.03. The molecule has 110 valence electrons. The molecular weight excluding hydrogens is 391 g/mol. The lowest BCUT2D eigenvalue weighted by Crippen LogP contribution is -2.58. The quantitative estimate of drug-likeness (QED) is 0.435. The second-order valence-corrected chi connectivity index (χ2v) is 10.4. The second kappa shape index (κ2) is 5.00. The summed E-state index contributed by atoms with van der Waals surface area (Å²) in [4.78, 5) is 0.0917. The third kappa shape index (κ3) is 2.37. The Morgan fingerprint density at radius 3 is 2.42 bits per heavy atom. The number of aliphatic hydroxyl groups is 1. The zero-order valence-corrected chi connectivity index (χ0v) is 15.8. The van der Waals surface area contributed by atoms with E-state index < -0.39 is 0 Å². The molecular formula is C15H23Br2ClO. The van der Waals surface area contributed by atoms with Gasteiger partial charge in [0.15, 0.2) is 0 Å². The van der Waals surface area contributed by atoms with Gasteiger partial charge >= 0.3 is 0 Å². The number of hydrogen-bond donors (Lipinski definition) is 1. The van der Waals surface area contributed by atoms with Crippen LogP contribution in [-0.4, -0.2) is 25.7 Å². The number of alkyl halides is 3. The van der Waals surface area contributed by atoms with Crippen LogP contribution in [0.3, 0.4) is 0 Å². The Hall–Kier alpha value is 0.950. The van der Waals surface area contributed by atoms with Crippen LogP contribution in [0.4, 0.5) is 0 Å². The average Bonchev–Trinajstić information content (AvgIpc) is 2.29. The summed E-state index contributed by atoms with van der Waals surface area (Å²) in [6, 6.07) is 0. The fraction of sp³-hybridized carbons (Fsp3) is 0.867. The molecule has 4 heteroatoms. The predicted molar refractivity (Wildman–Crippen MR) is 89.5 cm³/mol. The van der Waals surface area contributed by atoms with E-state index in [2.05, 4.69) is 59.2 Å². The monoisotopic (exact) mass is 412 g/mol. The molecule has 0 aromatic heterocycles. The fourth-order valence-electron chi connectivity index (χ4n) is 3.89. The van der Waals surface area contributed by atoms with Crippen LogP contribution in [0.1, 0.15) is 46.5 Å². The summed E-state index contributed by atoms with van der Waals surface area (Å²) in [5, 5.41) is 10.3. The van der Waals surface area contributed by atoms with Gasteiger partial charge in [-0.15, -0.1) is 11.6 Å². The Labute approximate surface area is 138 Å². The lowest BCUT2D eigenvalue weighted by molar-refractivity contribution is -0.0175. The molecule has 2 saturated carbocycles. The Kier molecular flexibility index (Phi) is 4.29. The van der Waals surface area contributed by atoms with Crippen molar-refractivity contribution in [1.82, 2.24) is 0 Å². The van der Waals surface area contributed by atoms with Crippen LogP contribution in [0, 0.1) is 10.8 Å². The van der Waals surface area contributed by atoms with Crippen LogP contribution in [0.15, 0.2) is 12.2 Å². The van der Waals surface area contributed by atoms with Crippen LogP contribution in [0.2, 0.25) is 0 Å². The number of hydrogen-bond acceptors (Lipinski definition) is 1. The summed E-state index contributed by atoms with van der Waals surface area (Å²) >= 11 is 14.1. The largest absolute Gasteiger partial charge is 0.392 e. The first kappa shape index (κ1) is 16.3. The molecule has 0 aromatic rings. The van der Waals surface area contributed by atoms with Gasteiger partial charge in [0, 0.05) is 14.5 Å². The third-order valence-corrected chi connectivity index (χ3v) is 9.22. The summed E-state index contributed by atoms with van der Waals surface area (Å²) in [5.41, 5.74) is 1.16. The first-order chi connectivity index (χ1) is 8.54. The van der Waals surface area contributed by atoms with E-state index in [0.29, 0.717) is 6.42 Å². The summed E-state index contributed by atoms with van der Waals surface area (Å²) in [6.07, 6.45) is 3.39. The molecule has 19 heavy (non-hydrogen) atoms. The van der Waals surface area contributed by atoms with Crippen molar-refractivity contribution in [2.75, 3.05) is 0 Å². The molecule has 1 N–H and O–H groups in total. The minimum atomic E-state index is -0.348.